The number of carbonyl (C=O) groups excluding carboxylic acids is 1. The number of nitrogens with zero attached hydrogens (tertiary/aromatic N) is 1. The number of nitrogens with two attached hydrogens (primary N) is 2. The zero-order chi connectivity index (χ0) is 14.4. The molecule has 19 heavy (non-hydrogen) atoms. The summed E-state index contributed by atoms with van der Waals surface area (Å²) in [5.41, 5.74) is 11.5. The molecule has 5 N–H and O–H groups in total. The van der Waals surface area contributed by atoms with E-state index in [0.717, 1.165) is 12.3 Å². The summed E-state index contributed by atoms with van der Waals surface area (Å²) in [4.78, 5) is 15.4. The van der Waals surface area contributed by atoms with Crippen LogP contribution < -0.4 is 16.8 Å². The minimum absolute atomic E-state index is 0.301. The molecule has 0 saturated carbocycles. The molecule has 1 aromatic rings. The molecule has 0 spiro atoms. The number of carbonyl (C=O) groups is 1. The number of anilines is 2. The van der Waals surface area contributed by atoms with Gasteiger partial charge in [-0.3, -0.25) is 4.79 Å². The zero-order valence-electron chi connectivity index (χ0n) is 11.9. The highest BCUT2D eigenvalue weighted by molar-refractivity contribution is 5.98. The lowest BCUT2D eigenvalue weighted by Gasteiger charge is -2.15. The van der Waals surface area contributed by atoms with E-state index >= 15 is 0 Å². The summed E-state index contributed by atoms with van der Waals surface area (Å²) in [6, 6.07) is 1.91. The molecule has 1 rings (SSSR count). The number of rotatable bonds is 7. The van der Waals surface area contributed by atoms with Gasteiger partial charge in [-0.05, 0) is 25.3 Å². The van der Waals surface area contributed by atoms with Crippen LogP contribution in [0.4, 0.5) is 11.5 Å². The van der Waals surface area contributed by atoms with E-state index in [1.54, 1.807) is 6.07 Å². The Labute approximate surface area is 114 Å². The average molecular weight is 264 g/mol. The quantitative estimate of drug-likeness (QED) is 0.704. The first-order valence-corrected chi connectivity index (χ1v) is 6.72. The average Bonchev–Trinajstić information content (AvgIpc) is 2.30. The van der Waals surface area contributed by atoms with Crippen LogP contribution in [0.2, 0.25) is 0 Å². The van der Waals surface area contributed by atoms with Gasteiger partial charge >= 0.3 is 0 Å². The number of primary amides is 1. The number of aromatic nitrogens is 1. The predicted molar refractivity (Wildman–Crippen MR) is 78.9 cm³/mol. The molecule has 5 heteroatoms. The second-order valence-corrected chi connectivity index (χ2v) is 5.39. The Morgan fingerprint density at radius 2 is 2.05 bits per heavy atom. The highest BCUT2D eigenvalue weighted by atomic mass is 16.1. The fraction of sp³-hybridized carbons (Fsp3) is 0.571. The number of nitrogens with one attached hydrogen (secondary N) is 1. The highest BCUT2D eigenvalue weighted by Crippen LogP contribution is 2.16. The van der Waals surface area contributed by atoms with Gasteiger partial charge in [0.25, 0.3) is 5.91 Å². The lowest BCUT2D eigenvalue weighted by Crippen LogP contribution is -2.18. The first-order chi connectivity index (χ1) is 8.90. The third-order valence-corrected chi connectivity index (χ3v) is 3.01. The Morgan fingerprint density at radius 1 is 1.37 bits per heavy atom. The fourth-order valence-electron chi connectivity index (χ4n) is 1.92. The molecule has 106 valence electrons. The standard InChI is InChI=1S/C14H24N4O/c1-9(2)5-4-6-10(3)18-13-7-11(14(16)19)12(15)8-17-13/h7-10H,4-6,15H2,1-3H3,(H2,16,19)(H,17,18). The third-order valence-electron chi connectivity index (χ3n) is 3.01. The van der Waals surface area contributed by atoms with Crippen molar-refractivity contribution in [2.24, 2.45) is 11.7 Å². The van der Waals surface area contributed by atoms with Gasteiger partial charge in [-0.25, -0.2) is 4.98 Å². The molecule has 0 bridgehead atoms. The van der Waals surface area contributed by atoms with Gasteiger partial charge in [0.15, 0.2) is 0 Å². The normalized spacial score (nSPS) is 12.4. The molecular weight excluding hydrogens is 240 g/mol. The van der Waals surface area contributed by atoms with Crippen molar-refractivity contribution in [2.75, 3.05) is 11.1 Å². The fourth-order valence-corrected chi connectivity index (χ4v) is 1.92. The second kappa shape index (κ2) is 6.97. The Bertz CT molecular complexity index is 431. The molecular formula is C14H24N4O. The van der Waals surface area contributed by atoms with Crippen molar-refractivity contribution in [1.29, 1.82) is 0 Å². The van der Waals surface area contributed by atoms with E-state index in [9.17, 15) is 4.79 Å². The monoisotopic (exact) mass is 264 g/mol. The van der Waals surface area contributed by atoms with Gasteiger partial charge in [-0.15, -0.1) is 0 Å². The largest absolute Gasteiger partial charge is 0.397 e. The first kappa shape index (κ1) is 15.3. The van der Waals surface area contributed by atoms with E-state index in [1.165, 1.54) is 19.0 Å². The molecule has 0 aliphatic rings. The van der Waals surface area contributed by atoms with Crippen LogP contribution in [0.5, 0.6) is 0 Å². The molecule has 0 radical (unpaired) electrons. The van der Waals surface area contributed by atoms with Crippen molar-refractivity contribution in [3.05, 3.63) is 17.8 Å². The van der Waals surface area contributed by atoms with Crippen LogP contribution in [-0.2, 0) is 0 Å². The second-order valence-electron chi connectivity index (χ2n) is 5.39. The maximum atomic E-state index is 11.2. The van der Waals surface area contributed by atoms with Crippen LogP contribution in [0.1, 0.15) is 50.4 Å². The van der Waals surface area contributed by atoms with Gasteiger partial charge < -0.3 is 16.8 Å². The van der Waals surface area contributed by atoms with E-state index in [4.69, 9.17) is 11.5 Å². The molecule has 1 aromatic heterocycles. The molecule has 0 saturated heterocycles. The molecule has 5 nitrogen and oxygen atoms in total. The van der Waals surface area contributed by atoms with Crippen molar-refractivity contribution < 1.29 is 4.79 Å². The van der Waals surface area contributed by atoms with E-state index in [0.29, 0.717) is 23.1 Å². The Balaban J connectivity index is 2.57. The minimum atomic E-state index is -0.532. The van der Waals surface area contributed by atoms with E-state index in [1.807, 2.05) is 0 Å². The summed E-state index contributed by atoms with van der Waals surface area (Å²) in [5, 5.41) is 3.26. The number of hydrogen-bond acceptors (Lipinski definition) is 4. The van der Waals surface area contributed by atoms with Crippen molar-refractivity contribution in [2.45, 2.75) is 46.1 Å². The molecule has 1 atom stereocenters. The zero-order valence-corrected chi connectivity index (χ0v) is 11.9. The number of amides is 1. The summed E-state index contributed by atoms with van der Waals surface area (Å²) in [5.74, 6) is 0.832. The number of pyridine rings is 1. The number of nitrogen functional groups attached to an aromatic ring is 1. The Hall–Kier alpha value is -1.78. The molecule has 1 heterocycles. The van der Waals surface area contributed by atoms with Crippen LogP contribution in [0, 0.1) is 5.92 Å². The topological polar surface area (TPSA) is 94.0 Å². The predicted octanol–water partition coefficient (Wildman–Crippen LogP) is 2.39. The van der Waals surface area contributed by atoms with Crippen LogP contribution in [0.25, 0.3) is 0 Å². The smallest absolute Gasteiger partial charge is 0.250 e. The van der Waals surface area contributed by atoms with Crippen molar-refractivity contribution in [3.8, 4) is 0 Å². The van der Waals surface area contributed by atoms with Gasteiger partial charge in [0.05, 0.1) is 17.4 Å². The van der Waals surface area contributed by atoms with Crippen LogP contribution in [-0.4, -0.2) is 16.9 Å². The maximum absolute atomic E-state index is 11.2. The van der Waals surface area contributed by atoms with Crippen LogP contribution >= 0.6 is 0 Å². The molecule has 1 amide bonds. The molecule has 0 aromatic carbocycles. The maximum Gasteiger partial charge on any atom is 0.250 e. The molecule has 0 fully saturated rings. The summed E-state index contributed by atoms with van der Waals surface area (Å²) in [6.07, 6.45) is 4.91. The van der Waals surface area contributed by atoms with E-state index < -0.39 is 5.91 Å². The van der Waals surface area contributed by atoms with E-state index in [-0.39, 0.29) is 0 Å². The summed E-state index contributed by atoms with van der Waals surface area (Å²) in [7, 11) is 0. The van der Waals surface area contributed by atoms with Gasteiger partial charge in [0.2, 0.25) is 0 Å². The molecule has 0 aliphatic carbocycles. The third kappa shape index (κ3) is 5.16. The van der Waals surface area contributed by atoms with E-state index in [2.05, 4.69) is 31.1 Å². The first-order valence-electron chi connectivity index (χ1n) is 6.72. The van der Waals surface area contributed by atoms with Crippen molar-refractivity contribution in [3.63, 3.8) is 0 Å². The minimum Gasteiger partial charge on any atom is -0.397 e. The van der Waals surface area contributed by atoms with Gasteiger partial charge in [-0.1, -0.05) is 26.7 Å². The van der Waals surface area contributed by atoms with Crippen molar-refractivity contribution >= 4 is 17.4 Å². The molecule has 1 unspecified atom stereocenters. The Morgan fingerprint density at radius 3 is 2.63 bits per heavy atom. The summed E-state index contributed by atoms with van der Waals surface area (Å²) >= 11 is 0. The van der Waals surface area contributed by atoms with Gasteiger partial charge in [0.1, 0.15) is 5.82 Å². The summed E-state index contributed by atoms with van der Waals surface area (Å²) < 4.78 is 0. The lowest BCUT2D eigenvalue weighted by atomic mass is 10.0. The molecule has 0 aliphatic heterocycles. The Kier molecular flexibility index (Phi) is 5.60. The summed E-state index contributed by atoms with van der Waals surface area (Å²) in [6.45, 7) is 6.54. The lowest BCUT2D eigenvalue weighted by molar-refractivity contribution is 0.100. The van der Waals surface area contributed by atoms with Crippen molar-refractivity contribution in [1.82, 2.24) is 4.98 Å². The highest BCUT2D eigenvalue weighted by Gasteiger charge is 2.09. The van der Waals surface area contributed by atoms with Crippen LogP contribution in [0.15, 0.2) is 12.3 Å². The van der Waals surface area contributed by atoms with Crippen LogP contribution in [0.3, 0.4) is 0 Å². The van der Waals surface area contributed by atoms with Gasteiger partial charge in [0, 0.05) is 6.04 Å². The number of hydrogen-bond donors (Lipinski definition) is 3. The van der Waals surface area contributed by atoms with Gasteiger partial charge in [-0.2, -0.15) is 0 Å². The SMILES string of the molecule is CC(C)CCCC(C)Nc1cc(C(N)=O)c(N)cn1.